The van der Waals surface area contributed by atoms with Crippen molar-refractivity contribution < 1.29 is 14.3 Å². The molecule has 0 saturated carbocycles. The van der Waals surface area contributed by atoms with Gasteiger partial charge in [-0.2, -0.15) is 5.10 Å². The zero-order valence-corrected chi connectivity index (χ0v) is 13.5. The Morgan fingerprint density at radius 1 is 1.04 bits per heavy atom. The fourth-order valence-electron chi connectivity index (χ4n) is 1.85. The van der Waals surface area contributed by atoms with Crippen LogP contribution in [0.25, 0.3) is 6.08 Å². The first-order valence-corrected chi connectivity index (χ1v) is 7.67. The maximum atomic E-state index is 11.6. The van der Waals surface area contributed by atoms with E-state index in [0.29, 0.717) is 12.4 Å². The highest BCUT2D eigenvalue weighted by Crippen LogP contribution is 2.17. The smallest absolute Gasteiger partial charge is 0.277 e. The lowest BCUT2D eigenvalue weighted by Crippen LogP contribution is -2.24. The Balaban J connectivity index is 1.69. The van der Waals surface area contributed by atoms with Crippen molar-refractivity contribution in [1.29, 1.82) is 0 Å². The van der Waals surface area contributed by atoms with Gasteiger partial charge >= 0.3 is 0 Å². The van der Waals surface area contributed by atoms with E-state index in [2.05, 4.69) is 10.5 Å². The predicted octanol–water partition coefficient (Wildman–Crippen LogP) is 3.28. The van der Waals surface area contributed by atoms with Crippen LogP contribution in [0.1, 0.15) is 12.5 Å². The second kappa shape index (κ2) is 9.84. The summed E-state index contributed by atoms with van der Waals surface area (Å²) in [5.41, 5.74) is 3.46. The molecule has 2 aromatic rings. The molecule has 2 aromatic carbocycles. The number of nitrogens with one attached hydrogen (secondary N) is 1. The van der Waals surface area contributed by atoms with Crippen molar-refractivity contribution in [2.75, 3.05) is 13.2 Å². The summed E-state index contributed by atoms with van der Waals surface area (Å²) in [6.07, 6.45) is 5.16. The van der Waals surface area contributed by atoms with Crippen molar-refractivity contribution in [1.82, 2.24) is 5.43 Å². The quantitative estimate of drug-likeness (QED) is 0.599. The van der Waals surface area contributed by atoms with Gasteiger partial charge in [0.15, 0.2) is 6.61 Å². The SMILES string of the molecule is CCOc1ccc(OCC(=O)N/N=C/C=C/c2ccccc2)cc1. The molecular formula is C19H20N2O3. The van der Waals surface area contributed by atoms with E-state index in [1.807, 2.05) is 43.3 Å². The third-order valence-corrected chi connectivity index (χ3v) is 2.94. The summed E-state index contributed by atoms with van der Waals surface area (Å²) in [6, 6.07) is 16.9. The molecular weight excluding hydrogens is 304 g/mol. The maximum Gasteiger partial charge on any atom is 0.277 e. The van der Waals surface area contributed by atoms with E-state index >= 15 is 0 Å². The van der Waals surface area contributed by atoms with E-state index < -0.39 is 0 Å². The third-order valence-electron chi connectivity index (χ3n) is 2.94. The minimum Gasteiger partial charge on any atom is -0.494 e. The van der Waals surface area contributed by atoms with E-state index in [4.69, 9.17) is 9.47 Å². The van der Waals surface area contributed by atoms with Gasteiger partial charge in [-0.1, -0.05) is 36.4 Å². The number of hydrogen-bond donors (Lipinski definition) is 1. The summed E-state index contributed by atoms with van der Waals surface area (Å²) >= 11 is 0. The lowest BCUT2D eigenvalue weighted by atomic mass is 10.2. The van der Waals surface area contributed by atoms with Gasteiger partial charge in [0.1, 0.15) is 11.5 Å². The number of carbonyl (C=O) groups excluding carboxylic acids is 1. The van der Waals surface area contributed by atoms with Crippen molar-refractivity contribution in [3.8, 4) is 11.5 Å². The van der Waals surface area contributed by atoms with Crippen molar-refractivity contribution in [3.05, 3.63) is 66.2 Å². The minimum atomic E-state index is -0.326. The molecule has 5 nitrogen and oxygen atoms in total. The predicted molar refractivity (Wildman–Crippen MR) is 95.2 cm³/mol. The maximum absolute atomic E-state index is 11.6. The van der Waals surface area contributed by atoms with Crippen molar-refractivity contribution in [2.45, 2.75) is 6.92 Å². The summed E-state index contributed by atoms with van der Waals surface area (Å²) in [5.74, 6) is 1.04. The summed E-state index contributed by atoms with van der Waals surface area (Å²) in [5, 5.41) is 3.83. The molecule has 0 aliphatic heterocycles. The molecule has 5 heteroatoms. The van der Waals surface area contributed by atoms with E-state index in [9.17, 15) is 4.79 Å². The number of carbonyl (C=O) groups is 1. The highest BCUT2D eigenvalue weighted by molar-refractivity contribution is 5.81. The van der Waals surface area contributed by atoms with Crippen LogP contribution in [0.2, 0.25) is 0 Å². The Kier molecular flexibility index (Phi) is 7.08. The third kappa shape index (κ3) is 6.36. The zero-order chi connectivity index (χ0) is 17.0. The van der Waals surface area contributed by atoms with Crippen LogP contribution in [0, 0.1) is 0 Å². The van der Waals surface area contributed by atoms with Crippen LogP contribution >= 0.6 is 0 Å². The van der Waals surface area contributed by atoms with Gasteiger partial charge in [-0.15, -0.1) is 0 Å². The number of benzene rings is 2. The van der Waals surface area contributed by atoms with Gasteiger partial charge in [-0.3, -0.25) is 4.79 Å². The van der Waals surface area contributed by atoms with Crippen molar-refractivity contribution >= 4 is 18.2 Å². The molecule has 124 valence electrons. The van der Waals surface area contributed by atoms with Crippen LogP contribution in [0.5, 0.6) is 11.5 Å². The number of amides is 1. The monoisotopic (exact) mass is 324 g/mol. The summed E-state index contributed by atoms with van der Waals surface area (Å²) in [7, 11) is 0. The van der Waals surface area contributed by atoms with Gasteiger partial charge in [-0.05, 0) is 42.8 Å². The number of nitrogens with zero attached hydrogens (tertiary/aromatic N) is 1. The molecule has 0 heterocycles. The van der Waals surface area contributed by atoms with Crippen molar-refractivity contribution in [3.63, 3.8) is 0 Å². The second-order valence-electron chi connectivity index (χ2n) is 4.78. The molecule has 0 radical (unpaired) electrons. The van der Waals surface area contributed by atoms with Crippen LogP contribution in [0.4, 0.5) is 0 Å². The zero-order valence-electron chi connectivity index (χ0n) is 13.5. The molecule has 0 fully saturated rings. The summed E-state index contributed by atoms with van der Waals surface area (Å²) in [4.78, 5) is 11.6. The fourth-order valence-corrected chi connectivity index (χ4v) is 1.85. The standard InChI is InChI=1S/C19H20N2O3/c1-2-23-17-10-12-18(13-11-17)24-15-19(22)21-20-14-6-9-16-7-4-3-5-8-16/h3-14H,2,15H2,1H3,(H,21,22)/b9-6+,20-14+. The number of allylic oxidation sites excluding steroid dienone is 1. The van der Waals surface area contributed by atoms with E-state index in [1.165, 1.54) is 6.21 Å². The van der Waals surface area contributed by atoms with Crippen LogP contribution in [0.3, 0.4) is 0 Å². The molecule has 0 bridgehead atoms. The van der Waals surface area contributed by atoms with E-state index in [0.717, 1.165) is 11.3 Å². The van der Waals surface area contributed by atoms with Gasteiger partial charge in [0, 0.05) is 6.21 Å². The van der Waals surface area contributed by atoms with Crippen LogP contribution in [0.15, 0.2) is 65.8 Å². The molecule has 1 amide bonds. The molecule has 24 heavy (non-hydrogen) atoms. The highest BCUT2D eigenvalue weighted by atomic mass is 16.5. The topological polar surface area (TPSA) is 59.9 Å². The van der Waals surface area contributed by atoms with Gasteiger partial charge in [-0.25, -0.2) is 5.43 Å². The van der Waals surface area contributed by atoms with Gasteiger partial charge < -0.3 is 9.47 Å². The summed E-state index contributed by atoms with van der Waals surface area (Å²) in [6.45, 7) is 2.43. The lowest BCUT2D eigenvalue weighted by molar-refractivity contribution is -0.123. The normalized spacial score (nSPS) is 10.9. The first-order chi connectivity index (χ1) is 11.8. The van der Waals surface area contributed by atoms with E-state index in [-0.39, 0.29) is 12.5 Å². The Hall–Kier alpha value is -3.08. The van der Waals surface area contributed by atoms with E-state index in [1.54, 1.807) is 30.3 Å². The van der Waals surface area contributed by atoms with Gasteiger partial charge in [0.2, 0.25) is 0 Å². The molecule has 0 aliphatic carbocycles. The van der Waals surface area contributed by atoms with Gasteiger partial charge in [0.05, 0.1) is 6.61 Å². The average Bonchev–Trinajstić information content (AvgIpc) is 2.62. The number of hydrogen-bond acceptors (Lipinski definition) is 4. The van der Waals surface area contributed by atoms with Crippen LogP contribution in [-0.4, -0.2) is 25.3 Å². The second-order valence-corrected chi connectivity index (χ2v) is 4.78. The average molecular weight is 324 g/mol. The Morgan fingerprint density at radius 3 is 2.38 bits per heavy atom. The van der Waals surface area contributed by atoms with Crippen LogP contribution in [-0.2, 0) is 4.79 Å². The van der Waals surface area contributed by atoms with Crippen LogP contribution < -0.4 is 14.9 Å². The number of rotatable bonds is 8. The Bertz CT molecular complexity index is 680. The lowest BCUT2D eigenvalue weighted by Gasteiger charge is -2.06. The fraction of sp³-hybridized carbons (Fsp3) is 0.158. The molecule has 0 saturated heterocycles. The minimum absolute atomic E-state index is 0.103. The molecule has 0 atom stereocenters. The molecule has 0 aliphatic rings. The molecule has 2 rings (SSSR count). The number of hydrazone groups is 1. The first-order valence-electron chi connectivity index (χ1n) is 7.67. The highest BCUT2D eigenvalue weighted by Gasteiger charge is 2.01. The Labute approximate surface area is 141 Å². The Morgan fingerprint density at radius 2 is 1.71 bits per heavy atom. The molecule has 0 aromatic heterocycles. The van der Waals surface area contributed by atoms with Gasteiger partial charge in [0.25, 0.3) is 5.91 Å². The molecule has 1 N–H and O–H groups in total. The van der Waals surface area contributed by atoms with Crippen molar-refractivity contribution in [2.24, 2.45) is 5.10 Å². The largest absolute Gasteiger partial charge is 0.494 e. The molecule has 0 spiro atoms. The molecule has 0 unspecified atom stereocenters. The first kappa shape index (κ1) is 17.3. The summed E-state index contributed by atoms with van der Waals surface area (Å²) < 4.78 is 10.7. The number of ether oxygens (including phenoxy) is 2.